The number of carbonyl (C=O) groups excluding carboxylic acids is 1. The van der Waals surface area contributed by atoms with Gasteiger partial charge in [-0.2, -0.15) is 0 Å². The second-order valence-electron chi connectivity index (χ2n) is 5.67. The quantitative estimate of drug-likeness (QED) is 0.746. The Kier molecular flexibility index (Phi) is 4.57. The van der Waals surface area contributed by atoms with Crippen molar-refractivity contribution in [2.24, 2.45) is 0 Å². The van der Waals surface area contributed by atoms with Crippen LogP contribution < -0.4 is 10.1 Å². The largest absolute Gasteiger partial charge is 0.477 e. The van der Waals surface area contributed by atoms with E-state index < -0.39 is 0 Å². The second-order valence-corrected chi connectivity index (χ2v) is 6.73. The third-order valence-electron chi connectivity index (χ3n) is 3.91. The van der Waals surface area contributed by atoms with Crippen LogP contribution >= 0.6 is 11.8 Å². The standard InChI is InChI=1S/C18H17N5O2S/c1-2-25-16-8-7-14(21-22-16)17(24)19-13-5-3-12(4-6-13)15-11-23-9-10-26-18(23)20-15/h3-8,11H,2,9-10H2,1H3,(H,19,24). The van der Waals surface area contributed by atoms with Crippen molar-refractivity contribution in [3.63, 3.8) is 0 Å². The summed E-state index contributed by atoms with van der Waals surface area (Å²) in [5.74, 6) is 1.17. The molecule has 3 heterocycles. The van der Waals surface area contributed by atoms with E-state index in [1.54, 1.807) is 23.9 Å². The molecule has 0 aliphatic carbocycles. The zero-order valence-corrected chi connectivity index (χ0v) is 15.0. The number of ether oxygens (including phenoxy) is 1. The summed E-state index contributed by atoms with van der Waals surface area (Å²) in [4.78, 5) is 16.9. The molecule has 132 valence electrons. The van der Waals surface area contributed by atoms with Gasteiger partial charge in [0.05, 0.1) is 12.3 Å². The van der Waals surface area contributed by atoms with Gasteiger partial charge in [0.2, 0.25) is 5.88 Å². The molecular formula is C18H17N5O2S. The summed E-state index contributed by atoms with van der Waals surface area (Å²) >= 11 is 1.77. The summed E-state index contributed by atoms with van der Waals surface area (Å²) < 4.78 is 7.39. The Hall–Kier alpha value is -2.87. The molecule has 0 saturated carbocycles. The number of carbonyl (C=O) groups is 1. The molecule has 0 atom stereocenters. The maximum atomic E-state index is 12.3. The Balaban J connectivity index is 1.44. The first-order valence-electron chi connectivity index (χ1n) is 8.31. The third kappa shape index (κ3) is 3.41. The van der Waals surface area contributed by atoms with Crippen LogP contribution in [0.15, 0.2) is 47.8 Å². The molecule has 7 nitrogen and oxygen atoms in total. The van der Waals surface area contributed by atoms with E-state index in [1.165, 1.54) is 0 Å². The van der Waals surface area contributed by atoms with E-state index in [-0.39, 0.29) is 11.6 Å². The fourth-order valence-electron chi connectivity index (χ4n) is 2.63. The molecule has 26 heavy (non-hydrogen) atoms. The Morgan fingerprint density at radius 3 is 2.77 bits per heavy atom. The first-order chi connectivity index (χ1) is 12.7. The van der Waals surface area contributed by atoms with Gasteiger partial charge in [0.1, 0.15) is 0 Å². The number of anilines is 1. The van der Waals surface area contributed by atoms with E-state index in [9.17, 15) is 4.79 Å². The second kappa shape index (κ2) is 7.17. The number of benzene rings is 1. The van der Waals surface area contributed by atoms with Crippen LogP contribution in [0.25, 0.3) is 11.3 Å². The van der Waals surface area contributed by atoms with Gasteiger partial charge in [0.15, 0.2) is 10.9 Å². The van der Waals surface area contributed by atoms with Gasteiger partial charge in [-0.1, -0.05) is 23.9 Å². The minimum absolute atomic E-state index is 0.236. The maximum absolute atomic E-state index is 12.3. The monoisotopic (exact) mass is 367 g/mol. The first-order valence-corrected chi connectivity index (χ1v) is 9.30. The Morgan fingerprint density at radius 2 is 2.08 bits per heavy atom. The third-order valence-corrected chi connectivity index (χ3v) is 4.88. The van der Waals surface area contributed by atoms with E-state index >= 15 is 0 Å². The molecule has 2 aromatic heterocycles. The molecule has 1 amide bonds. The molecule has 1 aromatic carbocycles. The van der Waals surface area contributed by atoms with Gasteiger partial charge in [0, 0.05) is 35.8 Å². The number of thioether (sulfide) groups is 1. The fraction of sp³-hybridized carbons (Fsp3) is 0.222. The van der Waals surface area contributed by atoms with Crippen LogP contribution in [-0.4, -0.2) is 38.0 Å². The molecule has 1 aliphatic heterocycles. The molecule has 1 N–H and O–H groups in total. The molecule has 1 aliphatic rings. The van der Waals surface area contributed by atoms with Gasteiger partial charge < -0.3 is 14.6 Å². The number of aryl methyl sites for hydroxylation is 1. The lowest BCUT2D eigenvalue weighted by Gasteiger charge is -2.06. The highest BCUT2D eigenvalue weighted by molar-refractivity contribution is 7.99. The molecular weight excluding hydrogens is 350 g/mol. The summed E-state index contributed by atoms with van der Waals surface area (Å²) in [6.07, 6.45) is 2.07. The molecule has 4 rings (SSSR count). The van der Waals surface area contributed by atoms with Gasteiger partial charge >= 0.3 is 0 Å². The number of rotatable bonds is 5. The van der Waals surface area contributed by atoms with Crippen LogP contribution in [0.1, 0.15) is 17.4 Å². The Labute approximate surface area is 154 Å². The number of amides is 1. The normalized spacial score (nSPS) is 12.7. The average molecular weight is 367 g/mol. The van der Waals surface area contributed by atoms with Crippen molar-refractivity contribution in [1.82, 2.24) is 19.7 Å². The predicted octanol–water partition coefficient (Wildman–Crippen LogP) is 3.10. The van der Waals surface area contributed by atoms with Crippen molar-refractivity contribution in [3.8, 4) is 17.1 Å². The fourth-order valence-corrected chi connectivity index (χ4v) is 3.58. The van der Waals surface area contributed by atoms with Gasteiger partial charge in [-0.15, -0.1) is 10.2 Å². The highest BCUT2D eigenvalue weighted by Gasteiger charge is 2.15. The molecule has 0 fully saturated rings. The van der Waals surface area contributed by atoms with Gasteiger partial charge in [-0.25, -0.2) is 4.98 Å². The summed E-state index contributed by atoms with van der Waals surface area (Å²) in [6.45, 7) is 3.37. The van der Waals surface area contributed by atoms with E-state index in [0.29, 0.717) is 18.2 Å². The van der Waals surface area contributed by atoms with E-state index in [0.717, 1.165) is 28.7 Å². The van der Waals surface area contributed by atoms with Gasteiger partial charge in [-0.3, -0.25) is 4.79 Å². The van der Waals surface area contributed by atoms with Crippen LogP contribution in [0.4, 0.5) is 5.69 Å². The number of nitrogens with zero attached hydrogens (tertiary/aromatic N) is 4. The lowest BCUT2D eigenvalue weighted by Crippen LogP contribution is -2.14. The van der Waals surface area contributed by atoms with E-state index in [2.05, 4.69) is 31.3 Å². The maximum Gasteiger partial charge on any atom is 0.276 e. The van der Waals surface area contributed by atoms with Crippen LogP contribution in [0.2, 0.25) is 0 Å². The lowest BCUT2D eigenvalue weighted by molar-refractivity contribution is 0.102. The summed E-state index contributed by atoms with van der Waals surface area (Å²) in [6, 6.07) is 10.8. The van der Waals surface area contributed by atoms with Crippen molar-refractivity contribution < 1.29 is 9.53 Å². The number of fused-ring (bicyclic) bond motifs is 1. The van der Waals surface area contributed by atoms with Crippen LogP contribution in [0, 0.1) is 0 Å². The minimum Gasteiger partial charge on any atom is -0.477 e. The summed E-state index contributed by atoms with van der Waals surface area (Å²) in [5.41, 5.74) is 2.89. The van der Waals surface area contributed by atoms with Crippen molar-refractivity contribution in [1.29, 1.82) is 0 Å². The zero-order valence-electron chi connectivity index (χ0n) is 14.2. The number of nitrogens with one attached hydrogen (secondary N) is 1. The number of hydrogen-bond donors (Lipinski definition) is 1. The molecule has 0 bridgehead atoms. The molecule has 0 unspecified atom stereocenters. The topological polar surface area (TPSA) is 81.9 Å². The molecule has 0 saturated heterocycles. The molecule has 3 aromatic rings. The van der Waals surface area contributed by atoms with Crippen LogP contribution in [0.5, 0.6) is 5.88 Å². The van der Waals surface area contributed by atoms with Crippen LogP contribution in [-0.2, 0) is 6.54 Å². The summed E-state index contributed by atoms with van der Waals surface area (Å²) in [5, 5.41) is 11.6. The Morgan fingerprint density at radius 1 is 1.23 bits per heavy atom. The number of aromatic nitrogens is 4. The van der Waals surface area contributed by atoms with Crippen molar-refractivity contribution in [2.45, 2.75) is 18.6 Å². The van der Waals surface area contributed by atoms with E-state index in [4.69, 9.17) is 4.74 Å². The highest BCUT2D eigenvalue weighted by Crippen LogP contribution is 2.29. The van der Waals surface area contributed by atoms with E-state index in [1.807, 2.05) is 31.2 Å². The predicted molar refractivity (Wildman–Crippen MR) is 99.5 cm³/mol. The molecule has 0 spiro atoms. The number of imidazole rings is 1. The smallest absolute Gasteiger partial charge is 0.276 e. The summed E-state index contributed by atoms with van der Waals surface area (Å²) in [7, 11) is 0. The van der Waals surface area contributed by atoms with Crippen molar-refractivity contribution in [3.05, 3.63) is 48.3 Å². The van der Waals surface area contributed by atoms with Crippen LogP contribution in [0.3, 0.4) is 0 Å². The Bertz CT molecular complexity index is 900. The van der Waals surface area contributed by atoms with Crippen molar-refractivity contribution >= 4 is 23.4 Å². The molecule has 8 heteroatoms. The SMILES string of the molecule is CCOc1ccc(C(=O)Nc2ccc(-c3cn4c(n3)SCC4)cc2)nn1. The highest BCUT2D eigenvalue weighted by atomic mass is 32.2. The minimum atomic E-state index is -0.314. The van der Waals surface area contributed by atoms with Crippen molar-refractivity contribution in [2.75, 3.05) is 17.7 Å². The number of hydrogen-bond acceptors (Lipinski definition) is 6. The zero-order chi connectivity index (χ0) is 17.9. The van der Waals surface area contributed by atoms with Gasteiger partial charge in [-0.05, 0) is 25.1 Å². The first kappa shape index (κ1) is 16.6. The van der Waals surface area contributed by atoms with Gasteiger partial charge in [0.25, 0.3) is 5.91 Å². The molecule has 0 radical (unpaired) electrons. The lowest BCUT2D eigenvalue weighted by atomic mass is 10.1. The average Bonchev–Trinajstić information content (AvgIpc) is 3.25.